The van der Waals surface area contributed by atoms with Gasteiger partial charge in [0, 0.05) is 24.5 Å². The van der Waals surface area contributed by atoms with Crippen LogP contribution in [0.2, 0.25) is 0 Å². The van der Waals surface area contributed by atoms with Gasteiger partial charge in [0.05, 0.1) is 41.2 Å². The van der Waals surface area contributed by atoms with Gasteiger partial charge in [-0.2, -0.15) is 0 Å². The second-order valence-electron chi connectivity index (χ2n) is 7.10. The maximum absolute atomic E-state index is 12.8. The maximum atomic E-state index is 12.8. The molecular formula is C21H21N5O5S. The number of hydrogen-bond acceptors (Lipinski definition) is 9. The zero-order valence-corrected chi connectivity index (χ0v) is 18.1. The van der Waals surface area contributed by atoms with Crippen LogP contribution in [0.3, 0.4) is 0 Å². The van der Waals surface area contributed by atoms with E-state index >= 15 is 0 Å². The minimum absolute atomic E-state index is 0.121. The van der Waals surface area contributed by atoms with Crippen molar-refractivity contribution in [3.05, 3.63) is 62.7 Å². The fraction of sp³-hybridized carbons (Fsp3) is 0.286. The Kier molecular flexibility index (Phi) is 6.45. The third-order valence-corrected chi connectivity index (χ3v) is 5.68. The number of methoxy groups -OCH3 is 1. The van der Waals surface area contributed by atoms with Crippen molar-refractivity contribution in [2.24, 2.45) is 0 Å². The molecule has 0 aliphatic carbocycles. The number of anilines is 2. The van der Waals surface area contributed by atoms with Gasteiger partial charge in [-0.3, -0.25) is 14.9 Å². The molecule has 1 aliphatic heterocycles. The van der Waals surface area contributed by atoms with Gasteiger partial charge in [0.2, 0.25) is 0 Å². The Morgan fingerprint density at radius 3 is 2.69 bits per heavy atom. The van der Waals surface area contributed by atoms with Crippen molar-refractivity contribution in [1.82, 2.24) is 9.97 Å². The number of pyridine rings is 1. The van der Waals surface area contributed by atoms with Crippen LogP contribution in [0.15, 0.2) is 41.4 Å². The summed E-state index contributed by atoms with van der Waals surface area (Å²) in [6.45, 7) is 2.09. The van der Waals surface area contributed by atoms with E-state index in [9.17, 15) is 14.9 Å². The van der Waals surface area contributed by atoms with Gasteiger partial charge in [0.1, 0.15) is 18.0 Å². The Labute approximate surface area is 188 Å². The lowest BCUT2D eigenvalue weighted by molar-refractivity contribution is -0.385. The number of nitrogens with one attached hydrogen (secondary N) is 1. The van der Waals surface area contributed by atoms with E-state index in [1.807, 2.05) is 11.4 Å². The van der Waals surface area contributed by atoms with Crippen molar-refractivity contribution in [3.8, 4) is 11.5 Å². The van der Waals surface area contributed by atoms with Crippen LogP contribution >= 0.6 is 11.3 Å². The fourth-order valence-electron chi connectivity index (χ4n) is 3.42. The van der Waals surface area contributed by atoms with Gasteiger partial charge in [-0.15, -0.1) is 11.3 Å². The summed E-state index contributed by atoms with van der Waals surface area (Å²) in [4.78, 5) is 34.5. The molecule has 10 nitrogen and oxygen atoms in total. The molecule has 2 aromatic heterocycles. The predicted octanol–water partition coefficient (Wildman–Crippen LogP) is 3.89. The maximum Gasteiger partial charge on any atom is 0.286 e. The molecule has 1 aromatic carbocycles. The number of nitro benzene ring substituents is 1. The third kappa shape index (κ3) is 4.78. The van der Waals surface area contributed by atoms with Crippen LogP contribution < -0.4 is 19.7 Å². The van der Waals surface area contributed by atoms with Crippen LogP contribution in [-0.2, 0) is 6.61 Å². The van der Waals surface area contributed by atoms with Crippen molar-refractivity contribution in [2.45, 2.75) is 19.4 Å². The molecular weight excluding hydrogens is 434 g/mol. The first-order valence-corrected chi connectivity index (χ1v) is 10.9. The summed E-state index contributed by atoms with van der Waals surface area (Å²) in [7, 11) is 1.40. The van der Waals surface area contributed by atoms with Gasteiger partial charge in [0.15, 0.2) is 11.5 Å². The molecule has 1 aliphatic rings. The molecule has 11 heteroatoms. The van der Waals surface area contributed by atoms with E-state index in [1.54, 1.807) is 17.8 Å². The van der Waals surface area contributed by atoms with Crippen molar-refractivity contribution in [2.75, 3.05) is 30.4 Å². The van der Waals surface area contributed by atoms with Gasteiger partial charge in [-0.1, -0.05) is 0 Å². The van der Waals surface area contributed by atoms with E-state index in [0.29, 0.717) is 11.5 Å². The summed E-state index contributed by atoms with van der Waals surface area (Å²) in [5.41, 5.74) is 2.78. The van der Waals surface area contributed by atoms with E-state index in [0.717, 1.165) is 31.6 Å². The molecule has 0 unspecified atom stereocenters. The molecule has 1 amide bonds. The lowest BCUT2D eigenvalue weighted by atomic mass is 10.1. The van der Waals surface area contributed by atoms with Crippen LogP contribution in [0, 0.1) is 10.1 Å². The van der Waals surface area contributed by atoms with Gasteiger partial charge in [-0.25, -0.2) is 9.97 Å². The Hall–Kier alpha value is -3.73. The lowest BCUT2D eigenvalue weighted by Crippen LogP contribution is -2.18. The summed E-state index contributed by atoms with van der Waals surface area (Å²) in [6, 6.07) is 6.03. The third-order valence-electron chi connectivity index (χ3n) is 5.04. The van der Waals surface area contributed by atoms with Gasteiger partial charge in [-0.05, 0) is 25.0 Å². The first kappa shape index (κ1) is 21.5. The normalized spacial score (nSPS) is 13.1. The Morgan fingerprint density at radius 2 is 2.06 bits per heavy atom. The quantitative estimate of drug-likeness (QED) is 0.401. The average molecular weight is 455 g/mol. The minimum atomic E-state index is -0.664. The van der Waals surface area contributed by atoms with Crippen molar-refractivity contribution in [1.29, 1.82) is 0 Å². The monoisotopic (exact) mass is 455 g/mol. The number of amides is 1. The van der Waals surface area contributed by atoms with Crippen molar-refractivity contribution < 1.29 is 19.2 Å². The summed E-state index contributed by atoms with van der Waals surface area (Å²) in [5, 5.41) is 16.1. The van der Waals surface area contributed by atoms with Crippen LogP contribution in [-0.4, -0.2) is 41.0 Å². The Morgan fingerprint density at radius 1 is 1.25 bits per heavy atom. The number of carbonyl (C=O) groups excluding carboxylic acids is 1. The Bertz CT molecular complexity index is 1100. The smallest absolute Gasteiger partial charge is 0.286 e. The van der Waals surface area contributed by atoms with Crippen molar-refractivity contribution in [3.63, 3.8) is 0 Å². The fourth-order valence-corrected chi connectivity index (χ4v) is 3.96. The first-order chi connectivity index (χ1) is 15.5. The summed E-state index contributed by atoms with van der Waals surface area (Å²) < 4.78 is 10.9. The zero-order chi connectivity index (χ0) is 22.5. The van der Waals surface area contributed by atoms with Crippen LogP contribution in [0.5, 0.6) is 11.5 Å². The van der Waals surface area contributed by atoms with E-state index in [4.69, 9.17) is 9.47 Å². The number of thiazole rings is 1. The summed E-state index contributed by atoms with van der Waals surface area (Å²) in [6.07, 6.45) is 3.98. The van der Waals surface area contributed by atoms with E-state index < -0.39 is 16.5 Å². The number of hydrogen-bond donors (Lipinski definition) is 1. The molecule has 0 saturated carbocycles. The molecule has 166 valence electrons. The largest absolute Gasteiger partial charge is 0.493 e. The van der Waals surface area contributed by atoms with Crippen LogP contribution in [0.4, 0.5) is 17.2 Å². The molecule has 0 radical (unpaired) electrons. The molecule has 4 rings (SSSR count). The molecule has 3 heterocycles. The molecule has 0 atom stereocenters. The van der Waals surface area contributed by atoms with Gasteiger partial charge < -0.3 is 19.7 Å². The average Bonchev–Trinajstić information content (AvgIpc) is 3.52. The van der Waals surface area contributed by atoms with Gasteiger partial charge in [0.25, 0.3) is 11.6 Å². The molecule has 1 fully saturated rings. The highest BCUT2D eigenvalue weighted by Crippen LogP contribution is 2.35. The van der Waals surface area contributed by atoms with Gasteiger partial charge >= 0.3 is 0 Å². The standard InChI is InChI=1S/C21H21N5O5S/c1-30-18-8-16(17(26(28)29)9-19(18)31-11-14-12-32-13-23-14)21(27)24-20-5-4-15(10-22-20)25-6-2-3-7-25/h4-5,8-10,12-13H,2-3,6-7,11H2,1H3,(H,22,24,27). The number of aromatic nitrogens is 2. The number of nitro groups is 1. The lowest BCUT2D eigenvalue weighted by Gasteiger charge is -2.17. The zero-order valence-electron chi connectivity index (χ0n) is 17.3. The number of ether oxygens (including phenoxy) is 2. The first-order valence-electron chi connectivity index (χ1n) is 9.94. The number of carbonyl (C=O) groups is 1. The number of nitrogens with zero attached hydrogens (tertiary/aromatic N) is 4. The summed E-state index contributed by atoms with van der Waals surface area (Å²) >= 11 is 1.42. The highest BCUT2D eigenvalue weighted by molar-refractivity contribution is 7.07. The molecule has 32 heavy (non-hydrogen) atoms. The highest BCUT2D eigenvalue weighted by atomic mass is 32.1. The van der Waals surface area contributed by atoms with Crippen molar-refractivity contribution >= 4 is 34.4 Å². The van der Waals surface area contributed by atoms with E-state index in [1.165, 1.54) is 30.6 Å². The predicted molar refractivity (Wildman–Crippen MR) is 120 cm³/mol. The highest BCUT2D eigenvalue weighted by Gasteiger charge is 2.25. The second-order valence-corrected chi connectivity index (χ2v) is 7.81. The molecule has 1 saturated heterocycles. The molecule has 1 N–H and O–H groups in total. The second kappa shape index (κ2) is 9.60. The van der Waals surface area contributed by atoms with E-state index in [2.05, 4.69) is 20.2 Å². The van der Waals surface area contributed by atoms with Crippen LogP contribution in [0.25, 0.3) is 0 Å². The summed E-state index contributed by atoms with van der Waals surface area (Å²) in [5.74, 6) is -0.0114. The number of benzene rings is 1. The SMILES string of the molecule is COc1cc(C(=O)Nc2ccc(N3CCCC3)cn2)c([N+](=O)[O-])cc1OCc1cscn1. The Balaban J connectivity index is 1.54. The number of rotatable bonds is 8. The molecule has 0 bridgehead atoms. The van der Waals surface area contributed by atoms with E-state index in [-0.39, 0.29) is 23.7 Å². The van der Waals surface area contributed by atoms with Crippen LogP contribution in [0.1, 0.15) is 28.9 Å². The topological polar surface area (TPSA) is 120 Å². The minimum Gasteiger partial charge on any atom is -0.493 e. The molecule has 0 spiro atoms. The molecule has 3 aromatic rings.